The number of aromatic nitrogens is 1. The average molecular weight is 328 g/mol. The van der Waals surface area contributed by atoms with Gasteiger partial charge in [-0.15, -0.1) is 0 Å². The predicted molar refractivity (Wildman–Crippen MR) is 81.0 cm³/mol. The number of hydrogen-bond donors (Lipinski definition) is 0. The van der Waals surface area contributed by atoms with Gasteiger partial charge in [-0.25, -0.2) is 0 Å². The van der Waals surface area contributed by atoms with Crippen molar-refractivity contribution in [3.8, 4) is 5.75 Å². The highest BCUT2D eigenvalue weighted by Crippen LogP contribution is 2.15. The number of rotatable bonds is 5. The van der Waals surface area contributed by atoms with Crippen LogP contribution in [0.5, 0.6) is 5.75 Å². The molecule has 0 N–H and O–H groups in total. The zero-order valence-electron chi connectivity index (χ0n) is 11.7. The highest BCUT2D eigenvalue weighted by Gasteiger charge is 2.17. The number of methoxy groups -OCH3 is 1. The number of piperazine rings is 1. The van der Waals surface area contributed by atoms with Crippen molar-refractivity contribution in [3.63, 3.8) is 0 Å². The van der Waals surface area contributed by atoms with Gasteiger partial charge in [0.1, 0.15) is 5.75 Å². The molecule has 0 radical (unpaired) electrons. The van der Waals surface area contributed by atoms with E-state index in [0.717, 1.165) is 61.7 Å². The van der Waals surface area contributed by atoms with Gasteiger partial charge in [-0.05, 0) is 6.92 Å². The van der Waals surface area contributed by atoms with Crippen LogP contribution in [0, 0.1) is 6.92 Å². The number of pyridine rings is 1. The van der Waals surface area contributed by atoms with E-state index in [1.807, 2.05) is 19.1 Å². The molecule has 5 heteroatoms. The molecule has 0 bridgehead atoms. The molecule has 1 saturated heterocycles. The van der Waals surface area contributed by atoms with Crippen LogP contribution in [0.4, 0.5) is 0 Å². The van der Waals surface area contributed by atoms with E-state index in [1.54, 1.807) is 7.11 Å². The molecule has 1 aliphatic rings. The molecular weight excluding hydrogens is 306 g/mol. The zero-order valence-corrected chi connectivity index (χ0v) is 13.3. The van der Waals surface area contributed by atoms with Crippen molar-refractivity contribution in [1.82, 2.24) is 14.8 Å². The van der Waals surface area contributed by atoms with Crippen molar-refractivity contribution in [2.24, 2.45) is 0 Å². The molecule has 1 aromatic rings. The van der Waals surface area contributed by atoms with Gasteiger partial charge in [0, 0.05) is 62.4 Å². The highest BCUT2D eigenvalue weighted by atomic mass is 79.9. The summed E-state index contributed by atoms with van der Waals surface area (Å²) in [5.41, 5.74) is 2.12. The first kappa shape index (κ1) is 14.8. The maximum Gasteiger partial charge on any atom is 0.122 e. The molecule has 1 aromatic heterocycles. The first-order valence-corrected chi connectivity index (χ1v) is 7.85. The second-order valence-electron chi connectivity index (χ2n) is 4.95. The fraction of sp³-hybridized carbons (Fsp3) is 0.643. The smallest absolute Gasteiger partial charge is 0.122 e. The minimum atomic E-state index is 0.903. The van der Waals surface area contributed by atoms with Crippen LogP contribution in [0.25, 0.3) is 0 Å². The standard InChI is InChI=1S/C14H22BrN3O/c1-12-9-14(19-2)10-13(16-12)11-18-7-5-17(4-3-15)6-8-18/h9-10H,3-8,11H2,1-2H3. The normalized spacial score (nSPS) is 17.6. The van der Waals surface area contributed by atoms with Gasteiger partial charge in [0.2, 0.25) is 0 Å². The Hall–Kier alpha value is -0.650. The molecule has 4 nitrogen and oxygen atoms in total. The first-order valence-electron chi connectivity index (χ1n) is 6.73. The minimum absolute atomic E-state index is 0.903. The van der Waals surface area contributed by atoms with Crippen LogP contribution >= 0.6 is 15.9 Å². The second-order valence-corrected chi connectivity index (χ2v) is 5.74. The van der Waals surface area contributed by atoms with Crippen LogP contribution in [0.15, 0.2) is 12.1 Å². The molecule has 0 spiro atoms. The Morgan fingerprint density at radius 2 is 1.89 bits per heavy atom. The molecule has 0 atom stereocenters. The Balaban J connectivity index is 1.90. The second kappa shape index (κ2) is 7.22. The topological polar surface area (TPSA) is 28.6 Å². The third kappa shape index (κ3) is 4.44. The lowest BCUT2D eigenvalue weighted by Crippen LogP contribution is -2.46. The summed E-state index contributed by atoms with van der Waals surface area (Å²) < 4.78 is 5.30. The lowest BCUT2D eigenvalue weighted by molar-refractivity contribution is 0.132. The van der Waals surface area contributed by atoms with Gasteiger partial charge < -0.3 is 4.74 Å². The first-order chi connectivity index (χ1) is 9.21. The van der Waals surface area contributed by atoms with Crippen LogP contribution in [-0.4, -0.2) is 59.9 Å². The number of aryl methyl sites for hydroxylation is 1. The Morgan fingerprint density at radius 1 is 1.21 bits per heavy atom. The zero-order chi connectivity index (χ0) is 13.7. The predicted octanol–water partition coefficient (Wildman–Crippen LogP) is 1.91. The molecule has 2 heterocycles. The molecule has 0 unspecified atom stereocenters. The maximum absolute atomic E-state index is 5.30. The van der Waals surface area contributed by atoms with E-state index in [-0.39, 0.29) is 0 Å². The molecular formula is C14H22BrN3O. The number of ether oxygens (including phenoxy) is 1. The Bertz CT molecular complexity index is 406. The van der Waals surface area contributed by atoms with E-state index < -0.39 is 0 Å². The van der Waals surface area contributed by atoms with Crippen molar-refractivity contribution >= 4 is 15.9 Å². The molecule has 19 heavy (non-hydrogen) atoms. The maximum atomic E-state index is 5.30. The van der Waals surface area contributed by atoms with Crippen LogP contribution in [-0.2, 0) is 6.54 Å². The summed E-state index contributed by atoms with van der Waals surface area (Å²) in [6.07, 6.45) is 0. The average Bonchev–Trinajstić information content (AvgIpc) is 2.40. The molecule has 1 aliphatic heterocycles. The van der Waals surface area contributed by atoms with Gasteiger partial charge in [0.05, 0.1) is 12.8 Å². The van der Waals surface area contributed by atoms with E-state index in [1.165, 1.54) is 0 Å². The summed E-state index contributed by atoms with van der Waals surface area (Å²) >= 11 is 3.50. The Kier molecular flexibility index (Phi) is 5.60. The molecule has 0 saturated carbocycles. The van der Waals surface area contributed by atoms with E-state index in [4.69, 9.17) is 4.74 Å². The number of halogens is 1. The van der Waals surface area contributed by atoms with Gasteiger partial charge in [-0.2, -0.15) is 0 Å². The Morgan fingerprint density at radius 3 is 2.53 bits per heavy atom. The SMILES string of the molecule is COc1cc(C)nc(CN2CCN(CCBr)CC2)c1. The highest BCUT2D eigenvalue weighted by molar-refractivity contribution is 9.09. The minimum Gasteiger partial charge on any atom is -0.497 e. The van der Waals surface area contributed by atoms with Crippen molar-refractivity contribution in [1.29, 1.82) is 0 Å². The van der Waals surface area contributed by atoms with E-state index in [2.05, 4.69) is 30.7 Å². The van der Waals surface area contributed by atoms with Crippen molar-refractivity contribution in [3.05, 3.63) is 23.5 Å². The quantitative estimate of drug-likeness (QED) is 0.772. The van der Waals surface area contributed by atoms with Gasteiger partial charge >= 0.3 is 0 Å². The summed E-state index contributed by atoms with van der Waals surface area (Å²) in [6, 6.07) is 4.01. The van der Waals surface area contributed by atoms with Crippen molar-refractivity contribution in [2.45, 2.75) is 13.5 Å². The molecule has 0 aliphatic carbocycles. The fourth-order valence-corrected chi connectivity index (χ4v) is 2.92. The summed E-state index contributed by atoms with van der Waals surface area (Å²) in [4.78, 5) is 9.55. The third-order valence-electron chi connectivity index (χ3n) is 3.47. The number of alkyl halides is 1. The van der Waals surface area contributed by atoms with Crippen LogP contribution in [0.3, 0.4) is 0 Å². The van der Waals surface area contributed by atoms with Gasteiger partial charge in [0.25, 0.3) is 0 Å². The molecule has 1 fully saturated rings. The molecule has 2 rings (SSSR count). The van der Waals surface area contributed by atoms with Gasteiger partial charge in [-0.3, -0.25) is 14.8 Å². The summed E-state index contributed by atoms with van der Waals surface area (Å²) in [5, 5.41) is 1.06. The van der Waals surface area contributed by atoms with Crippen LogP contribution in [0.2, 0.25) is 0 Å². The van der Waals surface area contributed by atoms with E-state index >= 15 is 0 Å². The number of hydrogen-bond acceptors (Lipinski definition) is 4. The van der Waals surface area contributed by atoms with Crippen molar-refractivity contribution in [2.75, 3.05) is 45.2 Å². The lowest BCUT2D eigenvalue weighted by Gasteiger charge is -2.34. The van der Waals surface area contributed by atoms with Gasteiger partial charge in [0.15, 0.2) is 0 Å². The largest absolute Gasteiger partial charge is 0.497 e. The van der Waals surface area contributed by atoms with E-state index in [9.17, 15) is 0 Å². The fourth-order valence-electron chi connectivity index (χ4n) is 2.42. The van der Waals surface area contributed by atoms with E-state index in [0.29, 0.717) is 0 Å². The summed E-state index contributed by atoms with van der Waals surface area (Å²) in [7, 11) is 1.71. The number of nitrogens with zero attached hydrogens (tertiary/aromatic N) is 3. The molecule has 106 valence electrons. The van der Waals surface area contributed by atoms with Crippen LogP contribution < -0.4 is 4.74 Å². The summed E-state index contributed by atoms with van der Waals surface area (Å²) in [6.45, 7) is 8.60. The molecule has 0 amide bonds. The Labute approximate surface area is 123 Å². The van der Waals surface area contributed by atoms with Crippen molar-refractivity contribution < 1.29 is 4.74 Å². The monoisotopic (exact) mass is 327 g/mol. The summed E-state index contributed by atoms with van der Waals surface area (Å²) in [5.74, 6) is 0.903. The lowest BCUT2D eigenvalue weighted by atomic mass is 10.2. The third-order valence-corrected chi connectivity index (χ3v) is 3.82. The molecule has 0 aromatic carbocycles. The van der Waals surface area contributed by atoms with Gasteiger partial charge in [-0.1, -0.05) is 15.9 Å². The van der Waals surface area contributed by atoms with Crippen LogP contribution in [0.1, 0.15) is 11.4 Å².